The summed E-state index contributed by atoms with van der Waals surface area (Å²) in [6.45, 7) is 3.21. The molecule has 186 valence electrons. The van der Waals surface area contributed by atoms with Crippen molar-refractivity contribution in [2.75, 3.05) is 32.6 Å². The lowest BCUT2D eigenvalue weighted by atomic mass is 10.0. The number of nitrogens with zero attached hydrogens (tertiary/aromatic N) is 6. The molecule has 10 heteroatoms. The van der Waals surface area contributed by atoms with Crippen LogP contribution < -0.4 is 15.8 Å². The Balaban J connectivity index is 1.57. The van der Waals surface area contributed by atoms with Gasteiger partial charge in [-0.25, -0.2) is 14.8 Å². The summed E-state index contributed by atoms with van der Waals surface area (Å²) >= 11 is 0. The lowest BCUT2D eigenvalue weighted by Crippen LogP contribution is -2.62. The van der Waals surface area contributed by atoms with Gasteiger partial charge in [0.25, 0.3) is 0 Å². The number of fused-ring (bicyclic) bond motifs is 1. The van der Waals surface area contributed by atoms with E-state index >= 15 is 0 Å². The quantitative estimate of drug-likeness (QED) is 0.455. The van der Waals surface area contributed by atoms with Gasteiger partial charge < -0.3 is 20.7 Å². The summed E-state index contributed by atoms with van der Waals surface area (Å²) in [6, 6.07) is 13.6. The van der Waals surface area contributed by atoms with Crippen LogP contribution in [0.3, 0.4) is 0 Å². The summed E-state index contributed by atoms with van der Waals surface area (Å²) < 4.78 is 7.37. The molecule has 0 bridgehead atoms. The molecule has 1 fully saturated rings. The minimum Gasteiger partial charge on any atom is -0.494 e. The Morgan fingerprint density at radius 2 is 1.89 bits per heavy atom. The van der Waals surface area contributed by atoms with Crippen LogP contribution in [0.5, 0.6) is 5.75 Å². The number of carbonyl (C=O) groups is 1. The zero-order valence-electron chi connectivity index (χ0n) is 20.8. The molecule has 4 aromatic rings. The second kappa shape index (κ2) is 9.56. The number of aryl methyl sites for hydroxylation is 1. The highest BCUT2D eigenvalue weighted by molar-refractivity contribution is 6.01. The Bertz CT molecular complexity index is 1400. The van der Waals surface area contributed by atoms with E-state index in [0.29, 0.717) is 30.0 Å². The number of nitrogens with one attached hydrogen (secondary N) is 1. The number of nitrogens with two attached hydrogens (primary N) is 1. The minimum atomic E-state index is -0.402. The Morgan fingerprint density at radius 1 is 1.11 bits per heavy atom. The highest BCUT2D eigenvalue weighted by Crippen LogP contribution is 2.37. The van der Waals surface area contributed by atoms with Gasteiger partial charge >= 0.3 is 6.03 Å². The number of rotatable bonds is 4. The molecule has 0 saturated carbocycles. The summed E-state index contributed by atoms with van der Waals surface area (Å²) in [7, 11) is 5.46. The third-order valence-corrected chi connectivity index (χ3v) is 6.68. The van der Waals surface area contributed by atoms with Crippen LogP contribution in [0.1, 0.15) is 6.92 Å². The van der Waals surface area contributed by atoms with Gasteiger partial charge in [-0.3, -0.25) is 9.58 Å². The van der Waals surface area contributed by atoms with Crippen LogP contribution in [-0.2, 0) is 7.05 Å². The Labute approximate surface area is 209 Å². The van der Waals surface area contributed by atoms with Gasteiger partial charge in [0.15, 0.2) is 0 Å². The maximum Gasteiger partial charge on any atom is 0.323 e. The van der Waals surface area contributed by atoms with Crippen molar-refractivity contribution in [3.05, 3.63) is 55.0 Å². The molecule has 3 heterocycles. The smallest absolute Gasteiger partial charge is 0.323 e. The fourth-order valence-electron chi connectivity index (χ4n) is 4.59. The number of piperazine rings is 1. The first-order valence-corrected chi connectivity index (χ1v) is 11.8. The number of benzene rings is 2. The number of likely N-dealkylation sites (N-methyl/N-ethyl adjacent to an activating group) is 1. The first kappa shape index (κ1) is 23.7. The topological polar surface area (TPSA) is 114 Å². The predicted molar refractivity (Wildman–Crippen MR) is 140 cm³/mol. The maximum absolute atomic E-state index is 13.2. The number of ether oxygens (including phenoxy) is 1. The molecule has 0 unspecified atom stereocenters. The first-order chi connectivity index (χ1) is 17.4. The van der Waals surface area contributed by atoms with Crippen molar-refractivity contribution in [3.63, 3.8) is 0 Å². The van der Waals surface area contributed by atoms with E-state index < -0.39 is 6.17 Å². The van der Waals surface area contributed by atoms with Crippen molar-refractivity contribution in [2.24, 2.45) is 12.8 Å². The van der Waals surface area contributed by atoms with E-state index in [0.717, 1.165) is 27.9 Å². The van der Waals surface area contributed by atoms with E-state index in [1.54, 1.807) is 22.8 Å². The van der Waals surface area contributed by atoms with Gasteiger partial charge in [-0.1, -0.05) is 30.3 Å². The van der Waals surface area contributed by atoms with Crippen molar-refractivity contribution >= 4 is 22.6 Å². The predicted octanol–water partition coefficient (Wildman–Crippen LogP) is 3.16. The molecule has 2 aromatic heterocycles. The van der Waals surface area contributed by atoms with Crippen molar-refractivity contribution in [1.82, 2.24) is 29.5 Å². The van der Waals surface area contributed by atoms with Gasteiger partial charge in [-0.15, -0.1) is 0 Å². The average molecular weight is 487 g/mol. The van der Waals surface area contributed by atoms with Gasteiger partial charge in [0.1, 0.15) is 17.8 Å². The van der Waals surface area contributed by atoms with Gasteiger partial charge in [0.05, 0.1) is 30.2 Å². The van der Waals surface area contributed by atoms with Crippen molar-refractivity contribution in [3.8, 4) is 28.3 Å². The van der Waals surface area contributed by atoms with Crippen LogP contribution >= 0.6 is 0 Å². The van der Waals surface area contributed by atoms with Crippen LogP contribution in [0.15, 0.2) is 55.0 Å². The molecule has 0 spiro atoms. The number of hydrogen-bond donors (Lipinski definition) is 2. The number of anilines is 1. The van der Waals surface area contributed by atoms with Gasteiger partial charge in [0.2, 0.25) is 0 Å². The molecule has 2 aromatic carbocycles. The summed E-state index contributed by atoms with van der Waals surface area (Å²) in [4.78, 5) is 26.1. The molecule has 10 nitrogen and oxygen atoms in total. The zero-order chi connectivity index (χ0) is 25.4. The molecular formula is C26H30N8O2. The van der Waals surface area contributed by atoms with E-state index in [4.69, 9.17) is 10.5 Å². The molecule has 36 heavy (non-hydrogen) atoms. The zero-order valence-corrected chi connectivity index (χ0v) is 20.8. The highest BCUT2D eigenvalue weighted by atomic mass is 16.5. The van der Waals surface area contributed by atoms with Crippen LogP contribution in [0.25, 0.3) is 33.4 Å². The second-order valence-corrected chi connectivity index (χ2v) is 9.16. The SMILES string of the molecule is COc1cc2ncnc(-c3cn(C)nc3-c3ccccc3)c2cc1NC(=O)N1C[C@@H](C)N(C)C[C@@H]1N. The molecule has 1 saturated heterocycles. The minimum absolute atomic E-state index is 0.205. The number of hydrogen-bond acceptors (Lipinski definition) is 7. The van der Waals surface area contributed by atoms with E-state index in [-0.39, 0.29) is 12.1 Å². The average Bonchev–Trinajstić information content (AvgIpc) is 3.27. The molecule has 5 rings (SSSR count). The molecule has 2 amide bonds. The normalized spacial score (nSPS) is 18.4. The lowest BCUT2D eigenvalue weighted by Gasteiger charge is -2.41. The van der Waals surface area contributed by atoms with Crippen LogP contribution in [0, 0.1) is 0 Å². The summed E-state index contributed by atoms with van der Waals surface area (Å²) in [5.41, 5.74) is 10.9. The summed E-state index contributed by atoms with van der Waals surface area (Å²) in [6.07, 6.45) is 3.07. The van der Waals surface area contributed by atoms with Gasteiger partial charge in [-0.2, -0.15) is 5.10 Å². The standard InChI is InChI=1S/C26H30N8O2/c1-16-12-34(23(27)14-32(16)2)26(35)30-21-10-18-20(11-22(21)36-4)28-15-29-25(18)19-13-33(3)31-24(19)17-8-6-5-7-9-17/h5-11,13,15-16,23H,12,14,27H2,1-4H3,(H,30,35)/t16-,23-/m1/s1. The number of aromatic nitrogens is 4. The van der Waals surface area contributed by atoms with Crippen molar-refractivity contribution < 1.29 is 9.53 Å². The molecule has 1 aliphatic heterocycles. The Hall–Kier alpha value is -4.02. The van der Waals surface area contributed by atoms with E-state index in [1.165, 1.54) is 6.33 Å². The van der Waals surface area contributed by atoms with Gasteiger partial charge in [0, 0.05) is 55.0 Å². The number of methoxy groups -OCH3 is 1. The van der Waals surface area contributed by atoms with Crippen LogP contribution in [0.2, 0.25) is 0 Å². The second-order valence-electron chi connectivity index (χ2n) is 9.16. The first-order valence-electron chi connectivity index (χ1n) is 11.8. The van der Waals surface area contributed by atoms with Gasteiger partial charge in [-0.05, 0) is 20.0 Å². The van der Waals surface area contributed by atoms with E-state index in [1.807, 2.05) is 56.7 Å². The van der Waals surface area contributed by atoms with Crippen molar-refractivity contribution in [2.45, 2.75) is 19.1 Å². The molecular weight excluding hydrogens is 456 g/mol. The molecule has 1 aliphatic rings. The molecule has 3 N–H and O–H groups in total. The number of carbonyl (C=O) groups excluding carboxylic acids is 1. The van der Waals surface area contributed by atoms with Crippen LogP contribution in [0.4, 0.5) is 10.5 Å². The third kappa shape index (κ3) is 4.36. The number of urea groups is 1. The number of amides is 2. The monoisotopic (exact) mass is 486 g/mol. The largest absolute Gasteiger partial charge is 0.494 e. The fraction of sp³-hybridized carbons (Fsp3) is 0.308. The third-order valence-electron chi connectivity index (χ3n) is 6.68. The summed E-state index contributed by atoms with van der Waals surface area (Å²) in [5, 5.41) is 8.47. The Morgan fingerprint density at radius 3 is 2.64 bits per heavy atom. The highest BCUT2D eigenvalue weighted by Gasteiger charge is 2.31. The van der Waals surface area contributed by atoms with E-state index in [9.17, 15) is 4.79 Å². The molecule has 0 aliphatic carbocycles. The maximum atomic E-state index is 13.2. The molecule has 2 atom stereocenters. The lowest BCUT2D eigenvalue weighted by molar-refractivity contribution is 0.0818. The summed E-state index contributed by atoms with van der Waals surface area (Å²) in [5.74, 6) is 0.505. The van der Waals surface area contributed by atoms with E-state index in [2.05, 4.69) is 32.2 Å². The molecule has 0 radical (unpaired) electrons. The van der Waals surface area contributed by atoms with Crippen molar-refractivity contribution in [1.29, 1.82) is 0 Å². The van der Waals surface area contributed by atoms with Crippen LogP contribution in [-0.4, -0.2) is 75.0 Å². The Kier molecular flexibility index (Phi) is 6.29. The fourth-order valence-corrected chi connectivity index (χ4v) is 4.59.